The molecule has 11 heavy (non-hydrogen) atoms. The van der Waals surface area contributed by atoms with Crippen molar-refractivity contribution in [2.75, 3.05) is 0 Å². The average Bonchev–Trinajstić information content (AvgIpc) is 2.05. The van der Waals surface area contributed by atoms with Gasteiger partial charge in [0.1, 0.15) is 0 Å². The minimum Gasteiger partial charge on any atom is -0.476 e. The van der Waals surface area contributed by atoms with Crippen LogP contribution in [0, 0.1) is 0 Å². The van der Waals surface area contributed by atoms with Gasteiger partial charge in [-0.2, -0.15) is 4.57 Å². The Balaban J connectivity index is 2.85. The molecule has 0 aliphatic heterocycles. The lowest BCUT2D eigenvalue weighted by Gasteiger charge is -1.98. The molecule has 1 rings (SSSR count). The van der Waals surface area contributed by atoms with Crippen LogP contribution in [0.1, 0.15) is 13.0 Å². The van der Waals surface area contributed by atoms with Crippen molar-refractivity contribution >= 4 is 5.97 Å². The fourth-order valence-electron chi connectivity index (χ4n) is 0.798. The summed E-state index contributed by atoms with van der Waals surface area (Å²) in [6, 6.07) is 4.97. The maximum Gasteiger partial charge on any atom is 0.373 e. The van der Waals surface area contributed by atoms with Gasteiger partial charge < -0.3 is 5.11 Å². The highest BCUT2D eigenvalue weighted by molar-refractivity contribution is 5.69. The second kappa shape index (κ2) is 3.14. The Hall–Kier alpha value is -1.38. The Kier molecular flexibility index (Phi) is 2.21. The number of carboxylic acids is 1. The van der Waals surface area contributed by atoms with E-state index in [2.05, 4.69) is 0 Å². The highest BCUT2D eigenvalue weighted by Crippen LogP contribution is 1.92. The summed E-state index contributed by atoms with van der Waals surface area (Å²) in [4.78, 5) is 10.5. The second-order valence-corrected chi connectivity index (χ2v) is 2.34. The Morgan fingerprint density at radius 3 is 2.36 bits per heavy atom. The van der Waals surface area contributed by atoms with Crippen molar-refractivity contribution < 1.29 is 14.5 Å². The molecule has 0 aliphatic rings. The molecule has 1 unspecified atom stereocenters. The number of carbonyl (C=O) groups is 1. The number of aliphatic carboxylic acids is 1. The molecule has 1 atom stereocenters. The molecule has 1 N–H and O–H groups in total. The van der Waals surface area contributed by atoms with E-state index in [4.69, 9.17) is 5.11 Å². The van der Waals surface area contributed by atoms with Crippen LogP contribution in [0.4, 0.5) is 0 Å². The standard InChI is InChI=1S/C8H9NO2/c1-7(8(10)11)9-5-3-2-4-6-9/h2-7H,1H3/p+1. The van der Waals surface area contributed by atoms with E-state index in [0.717, 1.165) is 0 Å². The number of carboxylic acid groups (broad SMARTS) is 1. The maximum absolute atomic E-state index is 10.5. The van der Waals surface area contributed by atoms with Crippen LogP contribution in [0.2, 0.25) is 0 Å². The van der Waals surface area contributed by atoms with Crippen LogP contribution < -0.4 is 4.57 Å². The van der Waals surface area contributed by atoms with Crippen LogP contribution >= 0.6 is 0 Å². The summed E-state index contributed by atoms with van der Waals surface area (Å²) in [5.74, 6) is -0.818. The van der Waals surface area contributed by atoms with Gasteiger partial charge in [-0.25, -0.2) is 4.79 Å². The lowest BCUT2D eigenvalue weighted by Crippen LogP contribution is -2.41. The quantitative estimate of drug-likeness (QED) is 0.631. The van der Waals surface area contributed by atoms with Gasteiger partial charge in [-0.3, -0.25) is 0 Å². The summed E-state index contributed by atoms with van der Waals surface area (Å²) in [6.07, 6.45) is 3.47. The number of hydrogen-bond acceptors (Lipinski definition) is 1. The van der Waals surface area contributed by atoms with Gasteiger partial charge in [0.05, 0.1) is 0 Å². The molecule has 3 heteroatoms. The van der Waals surface area contributed by atoms with Crippen LogP contribution in [0.15, 0.2) is 30.6 Å². The van der Waals surface area contributed by atoms with Crippen molar-refractivity contribution in [2.24, 2.45) is 0 Å². The molecule has 0 saturated heterocycles. The van der Waals surface area contributed by atoms with Crippen molar-refractivity contribution in [2.45, 2.75) is 13.0 Å². The highest BCUT2D eigenvalue weighted by atomic mass is 16.4. The third kappa shape index (κ3) is 1.77. The fourth-order valence-corrected chi connectivity index (χ4v) is 0.798. The van der Waals surface area contributed by atoms with E-state index in [-0.39, 0.29) is 0 Å². The van der Waals surface area contributed by atoms with E-state index in [0.29, 0.717) is 0 Å². The van der Waals surface area contributed by atoms with Crippen LogP contribution in [-0.2, 0) is 4.79 Å². The van der Waals surface area contributed by atoms with Gasteiger partial charge in [-0.15, -0.1) is 0 Å². The zero-order chi connectivity index (χ0) is 8.27. The van der Waals surface area contributed by atoms with E-state index >= 15 is 0 Å². The Bertz CT molecular complexity index is 246. The van der Waals surface area contributed by atoms with Gasteiger partial charge in [0.25, 0.3) is 6.04 Å². The van der Waals surface area contributed by atoms with Gasteiger partial charge in [0.15, 0.2) is 12.4 Å². The first-order chi connectivity index (χ1) is 5.22. The molecule has 0 spiro atoms. The van der Waals surface area contributed by atoms with Crippen molar-refractivity contribution in [1.82, 2.24) is 0 Å². The van der Waals surface area contributed by atoms with Crippen molar-refractivity contribution in [3.8, 4) is 0 Å². The Labute approximate surface area is 64.9 Å². The fraction of sp³-hybridized carbons (Fsp3) is 0.250. The zero-order valence-corrected chi connectivity index (χ0v) is 6.27. The summed E-state index contributed by atoms with van der Waals surface area (Å²) in [5, 5.41) is 8.61. The summed E-state index contributed by atoms with van der Waals surface area (Å²) in [6.45, 7) is 1.64. The topological polar surface area (TPSA) is 41.2 Å². The SMILES string of the molecule is CC(C(=O)O)[n+]1ccccc1. The normalized spacial score (nSPS) is 12.5. The first kappa shape index (κ1) is 7.72. The number of aromatic nitrogens is 1. The molecule has 3 nitrogen and oxygen atoms in total. The van der Waals surface area contributed by atoms with Crippen molar-refractivity contribution in [3.05, 3.63) is 30.6 Å². The minimum atomic E-state index is -0.818. The van der Waals surface area contributed by atoms with Gasteiger partial charge in [0.2, 0.25) is 0 Å². The summed E-state index contributed by atoms with van der Waals surface area (Å²) in [7, 11) is 0. The molecule has 1 aromatic heterocycles. The largest absolute Gasteiger partial charge is 0.476 e. The van der Waals surface area contributed by atoms with Crippen LogP contribution in [0.3, 0.4) is 0 Å². The van der Waals surface area contributed by atoms with Crippen molar-refractivity contribution in [3.63, 3.8) is 0 Å². The van der Waals surface area contributed by atoms with Crippen LogP contribution in [-0.4, -0.2) is 11.1 Å². The molecule has 0 aliphatic carbocycles. The maximum atomic E-state index is 10.5. The zero-order valence-electron chi connectivity index (χ0n) is 6.27. The molecule has 0 saturated carbocycles. The van der Waals surface area contributed by atoms with E-state index in [1.807, 2.05) is 6.07 Å². The lowest BCUT2D eigenvalue weighted by molar-refractivity contribution is -0.707. The van der Waals surface area contributed by atoms with E-state index in [9.17, 15) is 4.79 Å². The van der Waals surface area contributed by atoms with Crippen LogP contribution in [0.25, 0.3) is 0 Å². The Morgan fingerprint density at radius 1 is 1.36 bits per heavy atom. The predicted octanol–water partition coefficient (Wildman–Crippen LogP) is 0.620. The highest BCUT2D eigenvalue weighted by Gasteiger charge is 2.18. The van der Waals surface area contributed by atoms with E-state index < -0.39 is 12.0 Å². The molecule has 1 heterocycles. The number of nitrogens with zero attached hydrogens (tertiary/aromatic N) is 1. The molecule has 1 aromatic rings. The first-order valence-corrected chi connectivity index (χ1v) is 3.40. The summed E-state index contributed by atoms with van der Waals surface area (Å²) < 4.78 is 1.64. The molecular formula is C8H10NO2+. The number of rotatable bonds is 2. The second-order valence-electron chi connectivity index (χ2n) is 2.34. The Morgan fingerprint density at radius 2 is 1.91 bits per heavy atom. The lowest BCUT2D eigenvalue weighted by atomic mass is 10.3. The number of pyridine rings is 1. The molecule has 58 valence electrons. The number of hydrogen-bond donors (Lipinski definition) is 1. The summed E-state index contributed by atoms with van der Waals surface area (Å²) >= 11 is 0. The molecular weight excluding hydrogens is 142 g/mol. The molecule has 0 fully saturated rings. The smallest absolute Gasteiger partial charge is 0.373 e. The van der Waals surface area contributed by atoms with E-state index in [1.165, 1.54) is 0 Å². The predicted molar refractivity (Wildman–Crippen MR) is 39.0 cm³/mol. The van der Waals surface area contributed by atoms with Gasteiger partial charge >= 0.3 is 5.97 Å². The molecule has 0 aromatic carbocycles. The molecule has 0 bridgehead atoms. The first-order valence-electron chi connectivity index (χ1n) is 3.40. The van der Waals surface area contributed by atoms with Gasteiger partial charge in [-0.1, -0.05) is 6.07 Å². The van der Waals surface area contributed by atoms with Gasteiger partial charge in [-0.05, 0) is 0 Å². The monoisotopic (exact) mass is 152 g/mol. The molecule has 0 radical (unpaired) electrons. The minimum absolute atomic E-state index is 0.490. The van der Waals surface area contributed by atoms with Crippen LogP contribution in [0.5, 0.6) is 0 Å². The van der Waals surface area contributed by atoms with E-state index in [1.54, 1.807) is 36.0 Å². The van der Waals surface area contributed by atoms with Crippen molar-refractivity contribution in [1.29, 1.82) is 0 Å². The third-order valence-electron chi connectivity index (χ3n) is 1.54. The van der Waals surface area contributed by atoms with Gasteiger partial charge in [0, 0.05) is 19.1 Å². The average molecular weight is 152 g/mol. The summed E-state index contributed by atoms with van der Waals surface area (Å²) in [5.41, 5.74) is 0. The third-order valence-corrected chi connectivity index (χ3v) is 1.54. The molecule has 0 amide bonds.